The third-order valence-electron chi connectivity index (χ3n) is 4.91. The number of nitro groups is 1. The Labute approximate surface area is 170 Å². The van der Waals surface area contributed by atoms with Gasteiger partial charge < -0.3 is 10.2 Å². The quantitative estimate of drug-likeness (QED) is 0.492. The van der Waals surface area contributed by atoms with Gasteiger partial charge in [0.25, 0.3) is 11.6 Å². The molecule has 1 unspecified atom stereocenters. The number of hydrogen-bond donors (Lipinski definition) is 2. The van der Waals surface area contributed by atoms with Gasteiger partial charge in [0.1, 0.15) is 11.7 Å². The van der Waals surface area contributed by atoms with Crippen LogP contribution in [0, 0.1) is 10.1 Å². The van der Waals surface area contributed by atoms with Crippen molar-refractivity contribution in [1.29, 1.82) is 0 Å². The van der Waals surface area contributed by atoms with Crippen LogP contribution >= 0.6 is 22.9 Å². The van der Waals surface area contributed by atoms with Crippen molar-refractivity contribution in [1.82, 2.24) is 4.98 Å². The smallest absolute Gasteiger partial charge is 0.292 e. The van der Waals surface area contributed by atoms with E-state index in [0.717, 1.165) is 39.5 Å². The highest BCUT2D eigenvalue weighted by atomic mass is 35.5. The van der Waals surface area contributed by atoms with E-state index < -0.39 is 4.92 Å². The van der Waals surface area contributed by atoms with Gasteiger partial charge in [-0.3, -0.25) is 14.9 Å². The summed E-state index contributed by atoms with van der Waals surface area (Å²) in [6.07, 6.45) is 1.99. The third kappa shape index (κ3) is 3.84. The van der Waals surface area contributed by atoms with E-state index in [1.54, 1.807) is 11.3 Å². The van der Waals surface area contributed by atoms with Crippen molar-refractivity contribution in [3.8, 4) is 0 Å². The molecule has 28 heavy (non-hydrogen) atoms. The fourth-order valence-electron chi connectivity index (χ4n) is 3.63. The van der Waals surface area contributed by atoms with Gasteiger partial charge in [0.05, 0.1) is 21.7 Å². The molecule has 1 fully saturated rings. The number of amides is 1. The Balaban J connectivity index is 1.49. The predicted molar refractivity (Wildman–Crippen MR) is 109 cm³/mol. The van der Waals surface area contributed by atoms with Crippen molar-refractivity contribution in [3.05, 3.63) is 62.6 Å². The minimum Gasteiger partial charge on any atom is -0.319 e. The molecular weight excluding hydrogens is 400 g/mol. The van der Waals surface area contributed by atoms with Crippen LogP contribution in [0.4, 0.5) is 11.4 Å². The molecular formula is C19H18ClN4O3S+. The van der Waals surface area contributed by atoms with Crippen LogP contribution in [-0.4, -0.2) is 28.9 Å². The van der Waals surface area contributed by atoms with Crippen LogP contribution in [0.5, 0.6) is 0 Å². The number of hydrogen-bond acceptors (Lipinski definition) is 5. The summed E-state index contributed by atoms with van der Waals surface area (Å²) < 4.78 is 1.14. The zero-order valence-electron chi connectivity index (χ0n) is 14.9. The molecule has 3 aromatic rings. The lowest BCUT2D eigenvalue weighted by Gasteiger charge is -2.19. The number of benzene rings is 2. The molecule has 0 bridgehead atoms. The van der Waals surface area contributed by atoms with Crippen LogP contribution in [-0.2, 0) is 4.79 Å². The van der Waals surface area contributed by atoms with E-state index in [2.05, 4.69) is 11.4 Å². The summed E-state index contributed by atoms with van der Waals surface area (Å²) in [5.74, 6) is -0.270. The molecule has 2 N–H and O–H groups in total. The summed E-state index contributed by atoms with van der Waals surface area (Å²) in [5, 5.41) is 15.2. The first-order valence-corrected chi connectivity index (χ1v) is 10.1. The fourth-order valence-corrected chi connectivity index (χ4v) is 4.96. The summed E-state index contributed by atoms with van der Waals surface area (Å²) in [6, 6.07) is 12.3. The summed E-state index contributed by atoms with van der Waals surface area (Å²) in [5.41, 5.74) is 0.933. The largest absolute Gasteiger partial charge is 0.319 e. The van der Waals surface area contributed by atoms with E-state index in [4.69, 9.17) is 16.6 Å². The highest BCUT2D eigenvalue weighted by molar-refractivity contribution is 7.18. The number of anilines is 1. The number of para-hydroxylation sites is 1. The molecule has 9 heteroatoms. The van der Waals surface area contributed by atoms with Crippen molar-refractivity contribution < 1.29 is 14.6 Å². The summed E-state index contributed by atoms with van der Waals surface area (Å²) in [7, 11) is 0. The van der Waals surface area contributed by atoms with Crippen LogP contribution in [0.25, 0.3) is 10.2 Å². The van der Waals surface area contributed by atoms with Crippen molar-refractivity contribution in [2.45, 2.75) is 18.9 Å². The van der Waals surface area contributed by atoms with Crippen LogP contribution < -0.4 is 10.2 Å². The molecule has 7 nitrogen and oxygen atoms in total. The number of thiazole rings is 1. The van der Waals surface area contributed by atoms with E-state index >= 15 is 0 Å². The number of halogens is 1. The van der Waals surface area contributed by atoms with Gasteiger partial charge in [-0.15, -0.1) is 11.3 Å². The molecule has 4 rings (SSSR count). The van der Waals surface area contributed by atoms with Crippen LogP contribution in [0.2, 0.25) is 5.02 Å². The molecule has 0 radical (unpaired) electrons. The maximum atomic E-state index is 12.6. The second-order valence-electron chi connectivity index (χ2n) is 6.77. The number of nitrogens with zero attached hydrogens (tertiary/aromatic N) is 2. The van der Waals surface area contributed by atoms with Gasteiger partial charge >= 0.3 is 0 Å². The molecule has 0 aliphatic carbocycles. The number of likely N-dealkylation sites (tertiary alicyclic amines) is 1. The lowest BCUT2D eigenvalue weighted by molar-refractivity contribution is -0.910. The van der Waals surface area contributed by atoms with E-state index in [-0.39, 0.29) is 29.9 Å². The number of rotatable bonds is 5. The Morgan fingerprint density at radius 2 is 2.18 bits per heavy atom. The van der Waals surface area contributed by atoms with Crippen molar-refractivity contribution in [3.63, 3.8) is 0 Å². The Hall–Kier alpha value is -2.55. The zero-order valence-corrected chi connectivity index (χ0v) is 16.4. The molecule has 2 aromatic carbocycles. The number of aromatic nitrogens is 1. The maximum Gasteiger partial charge on any atom is 0.292 e. The second-order valence-corrected chi connectivity index (χ2v) is 8.27. The Morgan fingerprint density at radius 1 is 1.36 bits per heavy atom. The first-order chi connectivity index (χ1) is 13.5. The lowest BCUT2D eigenvalue weighted by Crippen LogP contribution is -3.11. The average Bonchev–Trinajstić information content (AvgIpc) is 3.27. The number of fused-ring (bicyclic) bond motifs is 1. The van der Waals surface area contributed by atoms with Gasteiger partial charge in [-0.1, -0.05) is 23.7 Å². The molecule has 1 aromatic heterocycles. The maximum absolute atomic E-state index is 12.6. The highest BCUT2D eigenvalue weighted by Gasteiger charge is 2.34. The van der Waals surface area contributed by atoms with Crippen molar-refractivity contribution in [2.75, 3.05) is 18.4 Å². The number of nitrogens with one attached hydrogen (secondary N) is 2. The SMILES string of the molecule is O=C(C[NH+]1CCC[C@@H]1c1nc2ccccc2s1)Nc1cc(Cl)ccc1[N+](=O)[O-]. The fraction of sp³-hybridized carbons (Fsp3) is 0.263. The second kappa shape index (κ2) is 7.83. The molecule has 1 aliphatic rings. The van der Waals surface area contributed by atoms with Gasteiger partial charge in [0, 0.05) is 23.9 Å². The van der Waals surface area contributed by atoms with Crippen LogP contribution in [0.15, 0.2) is 42.5 Å². The monoisotopic (exact) mass is 417 g/mol. The number of carbonyl (C=O) groups excluding carboxylic acids is 1. The van der Waals surface area contributed by atoms with Crippen molar-refractivity contribution >= 4 is 50.4 Å². The van der Waals surface area contributed by atoms with Gasteiger partial charge in [-0.2, -0.15) is 0 Å². The van der Waals surface area contributed by atoms with Gasteiger partial charge in [0.15, 0.2) is 11.6 Å². The average molecular weight is 418 g/mol. The first kappa shape index (κ1) is 18.8. The van der Waals surface area contributed by atoms with Gasteiger partial charge in [0.2, 0.25) is 0 Å². The van der Waals surface area contributed by atoms with Crippen LogP contribution in [0.1, 0.15) is 23.9 Å². The lowest BCUT2D eigenvalue weighted by atomic mass is 10.2. The number of quaternary nitrogens is 1. The molecule has 0 saturated carbocycles. The molecule has 1 amide bonds. The molecule has 1 saturated heterocycles. The minimum atomic E-state index is -0.529. The van der Waals surface area contributed by atoms with E-state index in [1.807, 2.05) is 18.2 Å². The molecule has 2 atom stereocenters. The Morgan fingerprint density at radius 3 is 2.96 bits per heavy atom. The zero-order chi connectivity index (χ0) is 19.7. The molecule has 2 heterocycles. The van der Waals surface area contributed by atoms with Crippen molar-refractivity contribution in [2.24, 2.45) is 0 Å². The van der Waals surface area contributed by atoms with E-state index in [0.29, 0.717) is 5.02 Å². The topological polar surface area (TPSA) is 89.6 Å². The molecule has 144 valence electrons. The first-order valence-electron chi connectivity index (χ1n) is 8.95. The molecule has 1 aliphatic heterocycles. The third-order valence-corrected chi connectivity index (χ3v) is 6.29. The summed E-state index contributed by atoms with van der Waals surface area (Å²) in [4.78, 5) is 29.1. The predicted octanol–water partition coefficient (Wildman–Crippen LogP) is 3.22. The normalized spacial score (nSPS) is 19.0. The number of nitro benzene ring substituents is 1. The summed E-state index contributed by atoms with van der Waals surface area (Å²) in [6.45, 7) is 1.09. The molecule has 0 spiro atoms. The van der Waals surface area contributed by atoms with E-state index in [9.17, 15) is 14.9 Å². The summed E-state index contributed by atoms with van der Waals surface area (Å²) >= 11 is 7.60. The number of carbonyl (C=O) groups is 1. The van der Waals surface area contributed by atoms with Gasteiger partial charge in [-0.25, -0.2) is 4.98 Å². The minimum absolute atomic E-state index is 0.123. The standard InChI is InChI=1S/C19H17ClN4O3S/c20-12-7-8-15(24(26)27)14(10-12)21-18(25)11-23-9-3-5-16(23)19-22-13-4-1-2-6-17(13)28-19/h1-2,4,6-8,10,16H,3,5,9,11H2,(H,21,25)/p+1/t16-/m1/s1. The Kier molecular flexibility index (Phi) is 5.25. The van der Waals surface area contributed by atoms with Gasteiger partial charge in [-0.05, 0) is 24.3 Å². The Bertz CT molecular complexity index is 1020. The highest BCUT2D eigenvalue weighted by Crippen LogP contribution is 2.29. The van der Waals surface area contributed by atoms with E-state index in [1.165, 1.54) is 18.2 Å². The van der Waals surface area contributed by atoms with Crippen LogP contribution in [0.3, 0.4) is 0 Å².